The van der Waals surface area contributed by atoms with Crippen LogP contribution in [0.1, 0.15) is 19.3 Å². The Balaban J connectivity index is 1.87. The Kier molecular flexibility index (Phi) is 1.48. The lowest BCUT2D eigenvalue weighted by Crippen LogP contribution is -2.38. The molecule has 0 spiro atoms. The molecule has 3 rings (SSSR count). The fraction of sp³-hybridized carbons (Fsp3) is 0.900. The van der Waals surface area contributed by atoms with E-state index in [1.807, 2.05) is 0 Å². The molecular weight excluding hydrogens is 166 g/mol. The second kappa shape index (κ2) is 2.47. The lowest BCUT2D eigenvalue weighted by atomic mass is 9.78. The van der Waals surface area contributed by atoms with Gasteiger partial charge in [0.25, 0.3) is 0 Å². The minimum Gasteiger partial charge on any atom is -0.480 e. The zero-order chi connectivity index (χ0) is 9.00. The minimum atomic E-state index is -0.639. The molecule has 0 amide bonds. The van der Waals surface area contributed by atoms with Gasteiger partial charge in [0.2, 0.25) is 0 Å². The van der Waals surface area contributed by atoms with Gasteiger partial charge in [-0.1, -0.05) is 0 Å². The molecule has 2 N–H and O–H groups in total. The summed E-state index contributed by atoms with van der Waals surface area (Å²) in [6.07, 6.45) is 3.93. The van der Waals surface area contributed by atoms with Crippen LogP contribution >= 0.6 is 0 Å². The quantitative estimate of drug-likeness (QED) is 0.626. The van der Waals surface area contributed by atoms with Crippen LogP contribution in [0.3, 0.4) is 0 Å². The summed E-state index contributed by atoms with van der Waals surface area (Å²) in [6.45, 7) is 0.947. The van der Waals surface area contributed by atoms with Crippen LogP contribution in [0.15, 0.2) is 0 Å². The molecule has 1 heterocycles. The molecule has 0 aromatic heterocycles. The van der Waals surface area contributed by atoms with Crippen molar-refractivity contribution in [3.63, 3.8) is 0 Å². The molecule has 3 aliphatic rings. The van der Waals surface area contributed by atoms with Gasteiger partial charge < -0.3 is 10.4 Å². The van der Waals surface area contributed by atoms with E-state index in [0.717, 1.165) is 12.5 Å². The van der Waals surface area contributed by atoms with Crippen LogP contribution in [-0.4, -0.2) is 23.7 Å². The van der Waals surface area contributed by atoms with Crippen LogP contribution in [0.2, 0.25) is 0 Å². The van der Waals surface area contributed by atoms with Crippen LogP contribution in [-0.2, 0) is 4.79 Å². The van der Waals surface area contributed by atoms with Crippen molar-refractivity contribution < 1.29 is 9.90 Å². The molecular formula is C10H15NO2. The molecule has 2 bridgehead atoms. The number of carboxylic acids is 1. The number of fused-ring (bicyclic) bond motifs is 5. The summed E-state index contributed by atoms with van der Waals surface area (Å²) >= 11 is 0. The van der Waals surface area contributed by atoms with Crippen molar-refractivity contribution in [2.75, 3.05) is 6.54 Å². The molecule has 1 aliphatic heterocycles. The van der Waals surface area contributed by atoms with E-state index < -0.39 is 5.97 Å². The number of aliphatic carboxylic acids is 1. The molecule has 13 heavy (non-hydrogen) atoms. The van der Waals surface area contributed by atoms with Gasteiger partial charge in [0.15, 0.2) is 0 Å². The normalized spacial score (nSPS) is 52.5. The van der Waals surface area contributed by atoms with E-state index in [-0.39, 0.29) is 6.04 Å². The van der Waals surface area contributed by atoms with Gasteiger partial charge in [-0.2, -0.15) is 0 Å². The standard InChI is InChI=1S/C10H15NO2/c12-10(13)9-8-6-2-1-5(3-6)7(8)4-11-9/h5-9,11H,1-4H2,(H,12,13)/t5?,6?,7?,8?,9-/m0/s1. The third-order valence-electron chi connectivity index (χ3n) is 4.38. The molecule has 72 valence electrons. The van der Waals surface area contributed by atoms with E-state index >= 15 is 0 Å². The number of hydrogen-bond acceptors (Lipinski definition) is 2. The molecule has 0 radical (unpaired) electrons. The lowest BCUT2D eigenvalue weighted by Gasteiger charge is -2.25. The predicted molar refractivity (Wildman–Crippen MR) is 47.2 cm³/mol. The molecule has 0 aromatic carbocycles. The summed E-state index contributed by atoms with van der Waals surface area (Å²) in [5.74, 6) is 2.05. The van der Waals surface area contributed by atoms with Crippen molar-refractivity contribution in [2.24, 2.45) is 23.7 Å². The Bertz CT molecular complexity index is 253. The van der Waals surface area contributed by atoms with Crippen LogP contribution in [0.25, 0.3) is 0 Å². The smallest absolute Gasteiger partial charge is 0.321 e. The van der Waals surface area contributed by atoms with Crippen LogP contribution in [0.4, 0.5) is 0 Å². The highest BCUT2D eigenvalue weighted by Crippen LogP contribution is 2.55. The molecule has 4 unspecified atom stereocenters. The maximum atomic E-state index is 11.0. The van der Waals surface area contributed by atoms with Gasteiger partial charge >= 0.3 is 5.97 Å². The molecule has 3 fully saturated rings. The van der Waals surface area contributed by atoms with Crippen LogP contribution in [0, 0.1) is 23.7 Å². The van der Waals surface area contributed by atoms with Gasteiger partial charge in [-0.05, 0) is 49.5 Å². The van der Waals surface area contributed by atoms with E-state index in [9.17, 15) is 4.79 Å². The second-order valence-corrected chi connectivity index (χ2v) is 4.80. The Morgan fingerprint density at radius 1 is 1.31 bits per heavy atom. The second-order valence-electron chi connectivity index (χ2n) is 4.80. The summed E-state index contributed by atoms with van der Waals surface area (Å²) in [7, 11) is 0. The first kappa shape index (κ1) is 7.80. The number of carboxylic acid groups (broad SMARTS) is 1. The van der Waals surface area contributed by atoms with Gasteiger partial charge in [0, 0.05) is 0 Å². The summed E-state index contributed by atoms with van der Waals surface area (Å²) in [5, 5.41) is 12.2. The topological polar surface area (TPSA) is 49.3 Å². The SMILES string of the molecule is O=C(O)[C@H]1NCC2C3CCC(C3)C21. The van der Waals surface area contributed by atoms with Crippen molar-refractivity contribution in [3.8, 4) is 0 Å². The third kappa shape index (κ3) is 0.909. The zero-order valence-corrected chi connectivity index (χ0v) is 7.57. The van der Waals surface area contributed by atoms with Gasteiger partial charge in [-0.3, -0.25) is 4.79 Å². The van der Waals surface area contributed by atoms with Crippen LogP contribution < -0.4 is 5.32 Å². The fourth-order valence-electron chi connectivity index (χ4n) is 3.93. The lowest BCUT2D eigenvalue weighted by molar-refractivity contribution is -0.140. The van der Waals surface area contributed by atoms with Crippen molar-refractivity contribution >= 4 is 5.97 Å². The largest absolute Gasteiger partial charge is 0.480 e. The number of carbonyl (C=O) groups is 1. The molecule has 0 aromatic rings. The molecule has 1 saturated heterocycles. The average Bonchev–Trinajstić information content (AvgIpc) is 2.76. The predicted octanol–water partition coefficient (Wildman–Crippen LogP) is 0.705. The van der Waals surface area contributed by atoms with E-state index in [0.29, 0.717) is 17.8 Å². The molecule has 3 heteroatoms. The van der Waals surface area contributed by atoms with Crippen molar-refractivity contribution in [1.29, 1.82) is 0 Å². The van der Waals surface area contributed by atoms with E-state index in [1.54, 1.807) is 0 Å². The van der Waals surface area contributed by atoms with E-state index in [2.05, 4.69) is 5.32 Å². The summed E-state index contributed by atoms with van der Waals surface area (Å²) in [6, 6.07) is -0.236. The maximum Gasteiger partial charge on any atom is 0.321 e. The number of hydrogen-bond donors (Lipinski definition) is 2. The Labute approximate surface area is 77.5 Å². The van der Waals surface area contributed by atoms with Crippen LogP contribution in [0.5, 0.6) is 0 Å². The monoisotopic (exact) mass is 181 g/mol. The first-order valence-corrected chi connectivity index (χ1v) is 5.23. The Hall–Kier alpha value is -0.570. The van der Waals surface area contributed by atoms with Gasteiger partial charge in [0.1, 0.15) is 6.04 Å². The summed E-state index contributed by atoms with van der Waals surface area (Å²) < 4.78 is 0. The fourth-order valence-corrected chi connectivity index (χ4v) is 3.93. The molecule has 5 atom stereocenters. The molecule has 2 saturated carbocycles. The average molecular weight is 181 g/mol. The molecule has 3 nitrogen and oxygen atoms in total. The summed E-state index contributed by atoms with van der Waals surface area (Å²) in [4.78, 5) is 11.0. The highest BCUT2D eigenvalue weighted by molar-refractivity contribution is 5.74. The van der Waals surface area contributed by atoms with Crippen molar-refractivity contribution in [1.82, 2.24) is 5.32 Å². The molecule has 2 aliphatic carbocycles. The Morgan fingerprint density at radius 3 is 2.85 bits per heavy atom. The minimum absolute atomic E-state index is 0.236. The third-order valence-corrected chi connectivity index (χ3v) is 4.38. The zero-order valence-electron chi connectivity index (χ0n) is 7.57. The number of rotatable bonds is 1. The number of nitrogens with one attached hydrogen (secondary N) is 1. The van der Waals surface area contributed by atoms with Gasteiger partial charge in [-0.25, -0.2) is 0 Å². The van der Waals surface area contributed by atoms with Gasteiger partial charge in [-0.15, -0.1) is 0 Å². The first-order valence-electron chi connectivity index (χ1n) is 5.23. The summed E-state index contributed by atoms with van der Waals surface area (Å²) in [5.41, 5.74) is 0. The van der Waals surface area contributed by atoms with E-state index in [1.165, 1.54) is 19.3 Å². The maximum absolute atomic E-state index is 11.0. The van der Waals surface area contributed by atoms with Crippen molar-refractivity contribution in [2.45, 2.75) is 25.3 Å². The highest BCUT2D eigenvalue weighted by Gasteiger charge is 2.55. The van der Waals surface area contributed by atoms with Crippen molar-refractivity contribution in [3.05, 3.63) is 0 Å². The van der Waals surface area contributed by atoms with Gasteiger partial charge in [0.05, 0.1) is 0 Å². The first-order chi connectivity index (χ1) is 6.27. The Morgan fingerprint density at radius 2 is 2.08 bits per heavy atom. The highest BCUT2D eigenvalue weighted by atomic mass is 16.4. The van der Waals surface area contributed by atoms with E-state index in [4.69, 9.17) is 5.11 Å².